The molecule has 4 heteroatoms. The molecule has 0 unspecified atom stereocenters. The summed E-state index contributed by atoms with van der Waals surface area (Å²) < 4.78 is 5.51. The molecular weight excluding hydrogens is 270 g/mol. The highest BCUT2D eigenvalue weighted by Crippen LogP contribution is 2.28. The molecule has 0 aromatic rings. The number of carbonyl (C=O) groups is 1. The van der Waals surface area contributed by atoms with Crippen molar-refractivity contribution in [2.75, 3.05) is 18.4 Å². The SMILES string of the molecule is CC(C)(OC(=O)/C=C\CBr)C1CCNCC1. The number of hydrogen-bond donors (Lipinski definition) is 1. The third-order valence-electron chi connectivity index (χ3n) is 3.03. The first-order valence-electron chi connectivity index (χ1n) is 5.72. The smallest absolute Gasteiger partial charge is 0.330 e. The van der Waals surface area contributed by atoms with Crippen LogP contribution in [0, 0.1) is 5.92 Å². The van der Waals surface area contributed by atoms with Crippen LogP contribution < -0.4 is 5.32 Å². The Kier molecular flexibility index (Phi) is 5.49. The van der Waals surface area contributed by atoms with Gasteiger partial charge >= 0.3 is 5.97 Å². The zero-order chi connectivity index (χ0) is 12.0. The Labute approximate surface area is 106 Å². The quantitative estimate of drug-likeness (QED) is 0.490. The van der Waals surface area contributed by atoms with Crippen molar-refractivity contribution in [3.8, 4) is 0 Å². The van der Waals surface area contributed by atoms with Crippen LogP contribution in [0.4, 0.5) is 0 Å². The van der Waals surface area contributed by atoms with Crippen LogP contribution in [0.3, 0.4) is 0 Å². The van der Waals surface area contributed by atoms with Crippen LogP contribution in [-0.2, 0) is 9.53 Å². The van der Waals surface area contributed by atoms with Crippen molar-refractivity contribution in [1.82, 2.24) is 5.32 Å². The van der Waals surface area contributed by atoms with E-state index in [9.17, 15) is 4.79 Å². The van der Waals surface area contributed by atoms with Gasteiger partial charge in [0.25, 0.3) is 0 Å². The molecule has 1 fully saturated rings. The van der Waals surface area contributed by atoms with E-state index in [0.717, 1.165) is 25.9 Å². The lowest BCUT2D eigenvalue weighted by Crippen LogP contribution is -2.42. The van der Waals surface area contributed by atoms with Gasteiger partial charge in [-0.2, -0.15) is 0 Å². The topological polar surface area (TPSA) is 38.3 Å². The fourth-order valence-electron chi connectivity index (χ4n) is 2.03. The number of alkyl halides is 1. The summed E-state index contributed by atoms with van der Waals surface area (Å²) in [4.78, 5) is 11.5. The number of hydrogen-bond acceptors (Lipinski definition) is 3. The average Bonchev–Trinajstić information content (AvgIpc) is 2.27. The molecule has 92 valence electrons. The standard InChI is InChI=1S/C12H20BrNO2/c1-12(2,10-5-8-14-9-6-10)16-11(15)4-3-7-13/h3-4,10,14H,5-9H2,1-2H3/b4-3-. The molecule has 0 bridgehead atoms. The van der Waals surface area contributed by atoms with Gasteiger partial charge in [-0.1, -0.05) is 22.0 Å². The number of ether oxygens (including phenoxy) is 1. The number of halogens is 1. The fraction of sp³-hybridized carbons (Fsp3) is 0.750. The van der Waals surface area contributed by atoms with Gasteiger partial charge in [0, 0.05) is 17.3 Å². The molecule has 1 N–H and O–H groups in total. The Balaban J connectivity index is 2.48. The van der Waals surface area contributed by atoms with Crippen molar-refractivity contribution >= 4 is 21.9 Å². The minimum absolute atomic E-state index is 0.247. The minimum atomic E-state index is -0.365. The van der Waals surface area contributed by atoms with E-state index in [1.807, 2.05) is 13.8 Å². The van der Waals surface area contributed by atoms with Crippen LogP contribution >= 0.6 is 15.9 Å². The number of nitrogens with one attached hydrogen (secondary N) is 1. The highest BCUT2D eigenvalue weighted by atomic mass is 79.9. The maximum absolute atomic E-state index is 11.5. The van der Waals surface area contributed by atoms with Crippen LogP contribution in [0.1, 0.15) is 26.7 Å². The molecule has 1 saturated heterocycles. The summed E-state index contributed by atoms with van der Waals surface area (Å²) in [6.07, 6.45) is 5.38. The molecule has 3 nitrogen and oxygen atoms in total. The van der Waals surface area contributed by atoms with Crippen LogP contribution in [0.25, 0.3) is 0 Å². The fourth-order valence-corrected chi connectivity index (χ4v) is 2.22. The Morgan fingerprint density at radius 2 is 2.12 bits per heavy atom. The van der Waals surface area contributed by atoms with E-state index < -0.39 is 0 Å². The lowest BCUT2D eigenvalue weighted by atomic mass is 9.83. The third-order valence-corrected chi connectivity index (χ3v) is 3.40. The summed E-state index contributed by atoms with van der Waals surface area (Å²) in [7, 11) is 0. The Hall–Kier alpha value is -0.350. The number of allylic oxidation sites excluding steroid dienone is 1. The van der Waals surface area contributed by atoms with Crippen LogP contribution in [0.5, 0.6) is 0 Å². The molecule has 1 rings (SSSR count). The van der Waals surface area contributed by atoms with Crippen molar-refractivity contribution in [2.45, 2.75) is 32.3 Å². The largest absolute Gasteiger partial charge is 0.456 e. The third kappa shape index (κ3) is 4.26. The zero-order valence-corrected chi connectivity index (χ0v) is 11.5. The molecule has 0 saturated carbocycles. The minimum Gasteiger partial charge on any atom is -0.456 e. The summed E-state index contributed by atoms with van der Waals surface area (Å²) in [5, 5.41) is 3.99. The van der Waals surface area contributed by atoms with Gasteiger partial charge in [0.05, 0.1) is 0 Å². The average molecular weight is 290 g/mol. The highest BCUT2D eigenvalue weighted by molar-refractivity contribution is 9.09. The van der Waals surface area contributed by atoms with Crippen molar-refractivity contribution in [3.63, 3.8) is 0 Å². The Bertz CT molecular complexity index is 258. The van der Waals surface area contributed by atoms with Gasteiger partial charge in [-0.3, -0.25) is 0 Å². The number of esters is 1. The van der Waals surface area contributed by atoms with E-state index in [0.29, 0.717) is 11.2 Å². The van der Waals surface area contributed by atoms with E-state index >= 15 is 0 Å². The van der Waals surface area contributed by atoms with E-state index in [4.69, 9.17) is 4.74 Å². The van der Waals surface area contributed by atoms with Crippen molar-refractivity contribution in [3.05, 3.63) is 12.2 Å². The van der Waals surface area contributed by atoms with Crippen molar-refractivity contribution in [1.29, 1.82) is 0 Å². The molecule has 1 heterocycles. The monoisotopic (exact) mass is 289 g/mol. The molecule has 0 radical (unpaired) electrons. The molecular formula is C12H20BrNO2. The van der Waals surface area contributed by atoms with Gasteiger partial charge < -0.3 is 10.1 Å². The van der Waals surface area contributed by atoms with E-state index in [1.165, 1.54) is 6.08 Å². The van der Waals surface area contributed by atoms with Gasteiger partial charge in [-0.25, -0.2) is 4.79 Å². The molecule has 0 aromatic heterocycles. The Morgan fingerprint density at radius 3 is 2.69 bits per heavy atom. The highest BCUT2D eigenvalue weighted by Gasteiger charge is 2.33. The second-order valence-corrected chi connectivity index (χ2v) is 5.25. The summed E-state index contributed by atoms with van der Waals surface area (Å²) in [5.41, 5.74) is -0.365. The number of rotatable bonds is 4. The first-order valence-corrected chi connectivity index (χ1v) is 6.84. The van der Waals surface area contributed by atoms with E-state index in [2.05, 4.69) is 21.2 Å². The second kappa shape index (κ2) is 6.40. The normalized spacial score (nSPS) is 18.9. The van der Waals surface area contributed by atoms with Gasteiger partial charge in [0.15, 0.2) is 0 Å². The second-order valence-electron chi connectivity index (χ2n) is 4.61. The molecule has 0 amide bonds. The molecule has 0 spiro atoms. The molecule has 0 aliphatic carbocycles. The van der Waals surface area contributed by atoms with Crippen molar-refractivity contribution in [2.24, 2.45) is 5.92 Å². The maximum Gasteiger partial charge on any atom is 0.330 e. The summed E-state index contributed by atoms with van der Waals surface area (Å²) in [6, 6.07) is 0. The van der Waals surface area contributed by atoms with Crippen molar-refractivity contribution < 1.29 is 9.53 Å². The molecule has 0 atom stereocenters. The van der Waals surface area contributed by atoms with Gasteiger partial charge in [-0.05, 0) is 39.8 Å². The lowest BCUT2D eigenvalue weighted by Gasteiger charge is -2.36. The molecule has 16 heavy (non-hydrogen) atoms. The van der Waals surface area contributed by atoms with Crippen LogP contribution in [0.2, 0.25) is 0 Å². The molecule has 1 aliphatic rings. The predicted molar refractivity (Wildman–Crippen MR) is 68.7 cm³/mol. The lowest BCUT2D eigenvalue weighted by molar-refractivity contribution is -0.156. The molecule has 0 aromatic carbocycles. The van der Waals surface area contributed by atoms with Gasteiger partial charge in [0.1, 0.15) is 5.60 Å². The summed E-state index contributed by atoms with van der Waals surface area (Å²) in [6.45, 7) is 6.04. The number of piperidine rings is 1. The van der Waals surface area contributed by atoms with Gasteiger partial charge in [-0.15, -0.1) is 0 Å². The Morgan fingerprint density at radius 1 is 1.50 bits per heavy atom. The van der Waals surface area contributed by atoms with E-state index in [1.54, 1.807) is 6.08 Å². The number of carbonyl (C=O) groups excluding carboxylic acids is 1. The van der Waals surface area contributed by atoms with Crippen LogP contribution in [0.15, 0.2) is 12.2 Å². The van der Waals surface area contributed by atoms with Gasteiger partial charge in [0.2, 0.25) is 0 Å². The first-order chi connectivity index (χ1) is 7.56. The maximum atomic E-state index is 11.5. The van der Waals surface area contributed by atoms with E-state index in [-0.39, 0.29) is 11.6 Å². The predicted octanol–water partition coefficient (Wildman–Crippen LogP) is 2.26. The molecule has 1 aliphatic heterocycles. The summed E-state index contributed by atoms with van der Waals surface area (Å²) >= 11 is 3.23. The summed E-state index contributed by atoms with van der Waals surface area (Å²) in [5.74, 6) is 0.207. The zero-order valence-electron chi connectivity index (χ0n) is 9.96. The first kappa shape index (κ1) is 13.7. The van der Waals surface area contributed by atoms with Crippen LogP contribution in [-0.4, -0.2) is 30.0 Å².